The molecule has 1 heterocycles. The molecule has 4 nitrogen and oxygen atoms in total. The molecule has 0 saturated heterocycles. The Morgan fingerprint density at radius 3 is 2.84 bits per heavy atom. The monoisotopic (exact) mass is 260 g/mol. The zero-order valence-corrected chi connectivity index (χ0v) is 10.6. The van der Waals surface area contributed by atoms with Gasteiger partial charge in [0.15, 0.2) is 17.3 Å². The first-order valence-corrected chi connectivity index (χ1v) is 5.65. The van der Waals surface area contributed by atoms with Gasteiger partial charge in [0.2, 0.25) is 0 Å². The molecule has 0 N–H and O–H groups in total. The third-order valence-electron chi connectivity index (χ3n) is 2.59. The zero-order valence-electron chi connectivity index (χ0n) is 10.6. The largest absolute Gasteiger partial charge is 0.494 e. The highest BCUT2D eigenvalue weighted by Gasteiger charge is 2.05. The van der Waals surface area contributed by atoms with Gasteiger partial charge in [-0.15, -0.1) is 0 Å². The summed E-state index contributed by atoms with van der Waals surface area (Å²) in [7, 11) is 3.14. The molecule has 0 spiro atoms. The lowest BCUT2D eigenvalue weighted by molar-refractivity contribution is 0.104. The van der Waals surface area contributed by atoms with Gasteiger partial charge in [0.05, 0.1) is 18.9 Å². The summed E-state index contributed by atoms with van der Waals surface area (Å²) in [6, 6.07) is 4.50. The SMILES string of the molecule is COc1ccc(C=CC(=O)c2cnn(C)c2)cc1F. The summed E-state index contributed by atoms with van der Waals surface area (Å²) in [5, 5.41) is 3.91. The third-order valence-corrected chi connectivity index (χ3v) is 2.59. The van der Waals surface area contributed by atoms with Crippen LogP contribution in [0, 0.1) is 5.82 Å². The van der Waals surface area contributed by atoms with E-state index in [2.05, 4.69) is 5.10 Å². The van der Waals surface area contributed by atoms with Crippen LogP contribution in [-0.4, -0.2) is 22.7 Å². The molecule has 2 rings (SSSR count). The number of aryl methyl sites for hydroxylation is 1. The minimum Gasteiger partial charge on any atom is -0.494 e. The van der Waals surface area contributed by atoms with Gasteiger partial charge in [-0.1, -0.05) is 12.1 Å². The normalized spacial score (nSPS) is 10.9. The molecule has 0 aliphatic carbocycles. The van der Waals surface area contributed by atoms with Crippen LogP contribution in [0.2, 0.25) is 0 Å². The fourth-order valence-corrected chi connectivity index (χ4v) is 1.60. The van der Waals surface area contributed by atoms with Gasteiger partial charge >= 0.3 is 0 Å². The van der Waals surface area contributed by atoms with E-state index in [9.17, 15) is 9.18 Å². The molecule has 0 atom stereocenters. The van der Waals surface area contributed by atoms with Crippen LogP contribution in [0.4, 0.5) is 4.39 Å². The zero-order chi connectivity index (χ0) is 13.8. The van der Waals surface area contributed by atoms with Gasteiger partial charge in [0.25, 0.3) is 0 Å². The van der Waals surface area contributed by atoms with E-state index >= 15 is 0 Å². The maximum atomic E-state index is 13.4. The first kappa shape index (κ1) is 13.0. The maximum absolute atomic E-state index is 13.4. The van der Waals surface area contributed by atoms with E-state index in [1.165, 1.54) is 31.5 Å². The van der Waals surface area contributed by atoms with Crippen LogP contribution in [-0.2, 0) is 7.05 Å². The predicted molar refractivity (Wildman–Crippen MR) is 69.5 cm³/mol. The van der Waals surface area contributed by atoms with Crippen molar-refractivity contribution in [2.24, 2.45) is 7.05 Å². The molecule has 19 heavy (non-hydrogen) atoms. The van der Waals surface area contributed by atoms with E-state index in [0.717, 1.165) is 0 Å². The van der Waals surface area contributed by atoms with Crippen molar-refractivity contribution >= 4 is 11.9 Å². The van der Waals surface area contributed by atoms with Crippen molar-refractivity contribution in [3.05, 3.63) is 53.6 Å². The lowest BCUT2D eigenvalue weighted by Gasteiger charge is -2.01. The molecule has 0 radical (unpaired) electrons. The maximum Gasteiger partial charge on any atom is 0.189 e. The van der Waals surface area contributed by atoms with Crippen molar-refractivity contribution in [1.82, 2.24) is 9.78 Å². The molecule has 0 aliphatic heterocycles. The number of benzene rings is 1. The number of rotatable bonds is 4. The highest BCUT2D eigenvalue weighted by atomic mass is 19.1. The van der Waals surface area contributed by atoms with Crippen LogP contribution in [0.15, 0.2) is 36.7 Å². The van der Waals surface area contributed by atoms with E-state index in [1.807, 2.05) is 0 Å². The first-order valence-electron chi connectivity index (χ1n) is 5.65. The number of ketones is 1. The average Bonchev–Trinajstić information content (AvgIpc) is 2.83. The Bertz CT molecular complexity index is 632. The minimum atomic E-state index is -0.460. The number of methoxy groups -OCH3 is 1. The second-order valence-corrected chi connectivity index (χ2v) is 3.99. The molecule has 0 unspecified atom stereocenters. The number of carbonyl (C=O) groups excluding carboxylic acids is 1. The van der Waals surface area contributed by atoms with Crippen molar-refractivity contribution in [3.8, 4) is 5.75 Å². The molecule has 0 aliphatic rings. The Kier molecular flexibility index (Phi) is 3.75. The van der Waals surface area contributed by atoms with Gasteiger partial charge in [-0.25, -0.2) is 4.39 Å². The number of ether oxygens (including phenoxy) is 1. The molecule has 0 fully saturated rings. The minimum absolute atomic E-state index is 0.177. The van der Waals surface area contributed by atoms with Gasteiger partial charge in [-0.05, 0) is 23.8 Å². The molecule has 98 valence electrons. The summed E-state index contributed by atoms with van der Waals surface area (Å²) in [4.78, 5) is 11.8. The molecular formula is C14H13FN2O2. The summed E-state index contributed by atoms with van der Waals surface area (Å²) < 4.78 is 19.8. The highest BCUT2D eigenvalue weighted by molar-refractivity contribution is 6.06. The highest BCUT2D eigenvalue weighted by Crippen LogP contribution is 2.18. The van der Waals surface area contributed by atoms with Crippen molar-refractivity contribution in [2.45, 2.75) is 0 Å². The number of nitrogens with zero attached hydrogens (tertiary/aromatic N) is 2. The summed E-state index contributed by atoms with van der Waals surface area (Å²) >= 11 is 0. The number of hydrogen-bond acceptors (Lipinski definition) is 3. The molecule has 0 amide bonds. The second kappa shape index (κ2) is 5.48. The van der Waals surface area contributed by atoms with Gasteiger partial charge < -0.3 is 4.74 Å². The Labute approximate surface area is 110 Å². The third kappa shape index (κ3) is 3.07. The van der Waals surface area contributed by atoms with Crippen molar-refractivity contribution in [3.63, 3.8) is 0 Å². The standard InChI is InChI=1S/C14H13FN2O2/c1-17-9-11(8-16-17)13(18)5-3-10-4-6-14(19-2)12(15)7-10/h3-9H,1-2H3. The molecule has 0 bridgehead atoms. The summed E-state index contributed by atoms with van der Waals surface area (Å²) in [5.74, 6) is -0.460. The molecule has 1 aromatic heterocycles. The molecule has 2 aromatic rings. The van der Waals surface area contributed by atoms with E-state index in [4.69, 9.17) is 4.74 Å². The van der Waals surface area contributed by atoms with Crippen LogP contribution in [0.25, 0.3) is 6.08 Å². The fourth-order valence-electron chi connectivity index (χ4n) is 1.60. The van der Waals surface area contributed by atoms with E-state index < -0.39 is 5.82 Å². The molecule has 5 heteroatoms. The number of carbonyl (C=O) groups is 1. The van der Waals surface area contributed by atoms with Crippen LogP contribution < -0.4 is 4.74 Å². The number of hydrogen-bond donors (Lipinski definition) is 0. The quantitative estimate of drug-likeness (QED) is 0.626. The molecular weight excluding hydrogens is 247 g/mol. The van der Waals surface area contributed by atoms with Crippen LogP contribution in [0.1, 0.15) is 15.9 Å². The lowest BCUT2D eigenvalue weighted by atomic mass is 10.1. The number of allylic oxidation sites excluding steroid dienone is 1. The molecule has 1 aromatic carbocycles. The Morgan fingerprint density at radius 2 is 2.26 bits per heavy atom. The average molecular weight is 260 g/mol. The lowest BCUT2D eigenvalue weighted by Crippen LogP contribution is -1.92. The fraction of sp³-hybridized carbons (Fsp3) is 0.143. The first-order chi connectivity index (χ1) is 9.10. The van der Waals surface area contributed by atoms with Gasteiger partial charge in [-0.2, -0.15) is 5.10 Å². The van der Waals surface area contributed by atoms with Gasteiger partial charge in [-0.3, -0.25) is 9.48 Å². The summed E-state index contributed by atoms with van der Waals surface area (Å²) in [6.07, 6.45) is 6.05. The molecule has 0 saturated carbocycles. The summed E-state index contributed by atoms with van der Waals surface area (Å²) in [5.41, 5.74) is 1.09. The Morgan fingerprint density at radius 1 is 1.47 bits per heavy atom. The summed E-state index contributed by atoms with van der Waals surface area (Å²) in [6.45, 7) is 0. The topological polar surface area (TPSA) is 44.1 Å². The van der Waals surface area contributed by atoms with Gasteiger partial charge in [0.1, 0.15) is 0 Å². The van der Waals surface area contributed by atoms with Crippen LogP contribution in [0.5, 0.6) is 5.75 Å². The number of halogens is 1. The smallest absolute Gasteiger partial charge is 0.189 e. The van der Waals surface area contributed by atoms with Crippen LogP contribution in [0.3, 0.4) is 0 Å². The van der Waals surface area contributed by atoms with Crippen molar-refractivity contribution < 1.29 is 13.9 Å². The van der Waals surface area contributed by atoms with Crippen LogP contribution >= 0.6 is 0 Å². The van der Waals surface area contributed by atoms with E-state index in [-0.39, 0.29) is 11.5 Å². The Balaban J connectivity index is 2.14. The van der Waals surface area contributed by atoms with Crippen molar-refractivity contribution in [2.75, 3.05) is 7.11 Å². The second-order valence-electron chi connectivity index (χ2n) is 3.99. The van der Waals surface area contributed by atoms with E-state index in [1.54, 1.807) is 30.1 Å². The number of aromatic nitrogens is 2. The van der Waals surface area contributed by atoms with E-state index in [0.29, 0.717) is 11.1 Å². The van der Waals surface area contributed by atoms with Crippen molar-refractivity contribution in [1.29, 1.82) is 0 Å². The predicted octanol–water partition coefficient (Wildman–Crippen LogP) is 2.46. The Hall–Kier alpha value is -2.43. The van der Waals surface area contributed by atoms with Gasteiger partial charge in [0, 0.05) is 13.2 Å².